The molecule has 0 aliphatic carbocycles. The average molecular weight is 92.1 g/mol. The van der Waals surface area contributed by atoms with Crippen LogP contribution in [0.4, 0.5) is 0 Å². The van der Waals surface area contributed by atoms with Gasteiger partial charge in [0.15, 0.2) is 0 Å². The highest BCUT2D eigenvalue weighted by molar-refractivity contribution is 5.11. The van der Waals surface area contributed by atoms with Crippen LogP contribution in [0.2, 0.25) is 0 Å². The first kappa shape index (κ1) is 6.12. The Kier molecular flexibility index (Phi) is 2.90. The Morgan fingerprint density at radius 1 is 1.57 bits per heavy atom. The molecule has 0 fully saturated rings. The van der Waals surface area contributed by atoms with E-state index in [9.17, 15) is 0 Å². The topological polar surface area (TPSA) is 0 Å². The van der Waals surface area contributed by atoms with Crippen molar-refractivity contribution >= 4 is 0 Å². The van der Waals surface area contributed by atoms with Crippen LogP contribution in [0.15, 0.2) is 0 Å². The highest BCUT2D eigenvalue weighted by Gasteiger charge is 1.81. The smallest absolute Gasteiger partial charge is 0.0780 e. The Morgan fingerprint density at radius 3 is 2.29 bits per heavy atom. The standard InChI is InChI=1S/C7H8/c1-4-6-7(3)5-2/h2,7H,1,3H3. The van der Waals surface area contributed by atoms with Crippen LogP contribution < -0.4 is 0 Å². The van der Waals surface area contributed by atoms with Gasteiger partial charge in [0.1, 0.15) is 0 Å². The van der Waals surface area contributed by atoms with E-state index in [2.05, 4.69) is 17.8 Å². The van der Waals surface area contributed by atoms with Gasteiger partial charge in [-0.2, -0.15) is 0 Å². The van der Waals surface area contributed by atoms with Crippen LogP contribution in [0.25, 0.3) is 0 Å². The fourth-order valence-corrected chi connectivity index (χ4v) is 0.258. The van der Waals surface area contributed by atoms with Gasteiger partial charge < -0.3 is 0 Å². The molecular weight excluding hydrogens is 84.1 g/mol. The summed E-state index contributed by atoms with van der Waals surface area (Å²) in [6.45, 7) is 3.68. The van der Waals surface area contributed by atoms with Crippen molar-refractivity contribution in [3.63, 3.8) is 0 Å². The highest BCUT2D eigenvalue weighted by Crippen LogP contribution is 1.84. The maximum Gasteiger partial charge on any atom is 0.0780 e. The SMILES string of the molecule is C#CC(C)C#CC. The van der Waals surface area contributed by atoms with Gasteiger partial charge in [-0.15, -0.1) is 12.3 Å². The minimum atomic E-state index is 0.116. The molecule has 0 saturated carbocycles. The van der Waals surface area contributed by atoms with Crippen LogP contribution in [0.1, 0.15) is 13.8 Å². The molecule has 0 nitrogen and oxygen atoms in total. The Balaban J connectivity index is 3.57. The van der Waals surface area contributed by atoms with Crippen molar-refractivity contribution in [3.8, 4) is 24.2 Å². The van der Waals surface area contributed by atoms with E-state index in [-0.39, 0.29) is 5.92 Å². The zero-order chi connectivity index (χ0) is 5.70. The van der Waals surface area contributed by atoms with Crippen molar-refractivity contribution in [2.45, 2.75) is 13.8 Å². The van der Waals surface area contributed by atoms with Crippen molar-refractivity contribution in [2.75, 3.05) is 0 Å². The van der Waals surface area contributed by atoms with Crippen molar-refractivity contribution in [1.82, 2.24) is 0 Å². The third-order valence-corrected chi connectivity index (χ3v) is 0.611. The second-order valence-corrected chi connectivity index (χ2v) is 1.28. The summed E-state index contributed by atoms with van der Waals surface area (Å²) < 4.78 is 0. The van der Waals surface area contributed by atoms with E-state index < -0.39 is 0 Å². The predicted octanol–water partition coefficient (Wildman–Crippen LogP) is 1.28. The quantitative estimate of drug-likeness (QED) is 0.395. The summed E-state index contributed by atoms with van der Waals surface area (Å²) in [5.74, 6) is 8.14. The summed E-state index contributed by atoms with van der Waals surface area (Å²) in [4.78, 5) is 0. The van der Waals surface area contributed by atoms with Crippen LogP contribution >= 0.6 is 0 Å². The minimum Gasteiger partial charge on any atom is -0.119 e. The molecule has 0 N–H and O–H groups in total. The van der Waals surface area contributed by atoms with Gasteiger partial charge in [0.05, 0.1) is 5.92 Å². The maximum absolute atomic E-state index is 5.01. The van der Waals surface area contributed by atoms with Crippen LogP contribution in [-0.2, 0) is 0 Å². The molecule has 0 aromatic rings. The first-order chi connectivity index (χ1) is 3.31. The molecule has 0 aromatic heterocycles. The van der Waals surface area contributed by atoms with E-state index in [0.29, 0.717) is 0 Å². The molecular formula is C7H8. The number of terminal acetylenes is 1. The van der Waals surface area contributed by atoms with Gasteiger partial charge in [-0.3, -0.25) is 0 Å². The Hall–Kier alpha value is -0.880. The van der Waals surface area contributed by atoms with E-state index >= 15 is 0 Å². The zero-order valence-electron chi connectivity index (χ0n) is 4.65. The Labute approximate surface area is 44.9 Å². The van der Waals surface area contributed by atoms with Gasteiger partial charge >= 0.3 is 0 Å². The third-order valence-electron chi connectivity index (χ3n) is 0.611. The average Bonchev–Trinajstić information content (AvgIpc) is 1.68. The molecule has 0 amide bonds. The molecule has 0 heteroatoms. The maximum atomic E-state index is 5.01. The normalized spacial score (nSPS) is 10.4. The molecule has 36 valence electrons. The summed E-state index contributed by atoms with van der Waals surface area (Å²) in [6, 6.07) is 0. The van der Waals surface area contributed by atoms with Crippen molar-refractivity contribution in [3.05, 3.63) is 0 Å². The van der Waals surface area contributed by atoms with E-state index in [0.717, 1.165) is 0 Å². The zero-order valence-corrected chi connectivity index (χ0v) is 4.65. The van der Waals surface area contributed by atoms with Crippen molar-refractivity contribution < 1.29 is 0 Å². The van der Waals surface area contributed by atoms with Crippen LogP contribution in [0.3, 0.4) is 0 Å². The largest absolute Gasteiger partial charge is 0.119 e. The molecule has 1 unspecified atom stereocenters. The fraction of sp³-hybridized carbons (Fsp3) is 0.429. The molecule has 0 radical (unpaired) electrons. The minimum absolute atomic E-state index is 0.116. The van der Waals surface area contributed by atoms with Gasteiger partial charge in [-0.05, 0) is 13.8 Å². The molecule has 0 heterocycles. The van der Waals surface area contributed by atoms with Gasteiger partial charge in [-0.1, -0.05) is 11.8 Å². The number of hydrogen-bond acceptors (Lipinski definition) is 0. The molecule has 0 aliphatic rings. The summed E-state index contributed by atoms with van der Waals surface area (Å²) in [5, 5.41) is 0. The number of rotatable bonds is 0. The molecule has 0 aliphatic heterocycles. The van der Waals surface area contributed by atoms with Crippen LogP contribution in [0.5, 0.6) is 0 Å². The van der Waals surface area contributed by atoms with Gasteiger partial charge in [0.2, 0.25) is 0 Å². The number of hydrogen-bond donors (Lipinski definition) is 0. The first-order valence-corrected chi connectivity index (χ1v) is 2.19. The lowest BCUT2D eigenvalue weighted by Gasteiger charge is -1.82. The van der Waals surface area contributed by atoms with Crippen LogP contribution in [-0.4, -0.2) is 0 Å². The summed E-state index contributed by atoms with van der Waals surface area (Å²) in [7, 11) is 0. The van der Waals surface area contributed by atoms with Gasteiger partial charge in [-0.25, -0.2) is 0 Å². The summed E-state index contributed by atoms with van der Waals surface area (Å²) in [5.41, 5.74) is 0. The lowest BCUT2D eigenvalue weighted by atomic mass is 10.2. The second-order valence-electron chi connectivity index (χ2n) is 1.28. The molecule has 1 atom stereocenters. The van der Waals surface area contributed by atoms with Crippen molar-refractivity contribution in [2.24, 2.45) is 5.92 Å². The Bertz CT molecular complexity index is 126. The molecule has 0 aromatic carbocycles. The van der Waals surface area contributed by atoms with E-state index in [1.165, 1.54) is 0 Å². The van der Waals surface area contributed by atoms with Crippen molar-refractivity contribution in [1.29, 1.82) is 0 Å². The van der Waals surface area contributed by atoms with E-state index in [1.807, 2.05) is 6.92 Å². The summed E-state index contributed by atoms with van der Waals surface area (Å²) >= 11 is 0. The molecule has 7 heavy (non-hydrogen) atoms. The molecule has 0 saturated heterocycles. The molecule has 0 rings (SSSR count). The lowest BCUT2D eigenvalue weighted by molar-refractivity contribution is 1.02. The lowest BCUT2D eigenvalue weighted by Crippen LogP contribution is -1.79. The van der Waals surface area contributed by atoms with Gasteiger partial charge in [0, 0.05) is 0 Å². The van der Waals surface area contributed by atoms with Gasteiger partial charge in [0.25, 0.3) is 0 Å². The fourth-order valence-electron chi connectivity index (χ4n) is 0.258. The predicted molar refractivity (Wildman–Crippen MR) is 31.4 cm³/mol. The second kappa shape index (κ2) is 3.32. The van der Waals surface area contributed by atoms with E-state index in [4.69, 9.17) is 6.42 Å². The highest BCUT2D eigenvalue weighted by atomic mass is 13.8. The molecule has 0 bridgehead atoms. The van der Waals surface area contributed by atoms with E-state index in [1.54, 1.807) is 6.92 Å². The van der Waals surface area contributed by atoms with Crippen LogP contribution in [0, 0.1) is 30.1 Å². The monoisotopic (exact) mass is 92.1 g/mol. The Morgan fingerprint density at radius 2 is 2.14 bits per heavy atom. The summed E-state index contributed by atoms with van der Waals surface area (Å²) in [6.07, 6.45) is 5.01. The first-order valence-electron chi connectivity index (χ1n) is 2.19. The molecule has 0 spiro atoms. The third kappa shape index (κ3) is 2.94.